The fraction of sp³-hybridized carbons (Fsp3) is 0.417. The minimum absolute atomic E-state index is 0.234. The molecule has 1 unspecified atom stereocenters. The first-order chi connectivity index (χ1) is 7.79. The van der Waals surface area contributed by atoms with Crippen molar-refractivity contribution in [3.05, 3.63) is 36.5 Å². The van der Waals surface area contributed by atoms with E-state index in [1.807, 2.05) is 23.1 Å². The smallest absolute Gasteiger partial charge is 0.0955 e. The van der Waals surface area contributed by atoms with E-state index < -0.39 is 0 Å². The van der Waals surface area contributed by atoms with Crippen LogP contribution in [0.2, 0.25) is 0 Å². The minimum Gasteiger partial charge on any atom is -0.472 e. The van der Waals surface area contributed by atoms with Crippen LogP contribution < -0.4 is 5.32 Å². The number of anilines is 1. The van der Waals surface area contributed by atoms with Crippen molar-refractivity contribution >= 4 is 5.69 Å². The molecule has 0 saturated heterocycles. The van der Waals surface area contributed by atoms with Crippen LogP contribution in [0.4, 0.5) is 5.69 Å². The van der Waals surface area contributed by atoms with Crippen LogP contribution in [0.3, 0.4) is 0 Å². The van der Waals surface area contributed by atoms with Crippen molar-refractivity contribution in [3.8, 4) is 0 Å². The quantitative estimate of drug-likeness (QED) is 0.840. The summed E-state index contributed by atoms with van der Waals surface area (Å²) in [4.78, 5) is 0. The molecular formula is C12H17N3O. The van der Waals surface area contributed by atoms with E-state index in [9.17, 15) is 0 Å². The molecule has 0 aliphatic heterocycles. The first kappa shape index (κ1) is 10.8. The SMILES string of the molecule is CCCn1cc(NC(C)c2ccoc2)cn1. The van der Waals surface area contributed by atoms with E-state index >= 15 is 0 Å². The number of furan rings is 1. The number of hydrogen-bond donors (Lipinski definition) is 1. The van der Waals surface area contributed by atoms with Crippen molar-refractivity contribution in [1.82, 2.24) is 9.78 Å². The van der Waals surface area contributed by atoms with Crippen LogP contribution in [0.1, 0.15) is 31.9 Å². The monoisotopic (exact) mass is 219 g/mol. The summed E-state index contributed by atoms with van der Waals surface area (Å²) in [5.41, 5.74) is 2.19. The highest BCUT2D eigenvalue weighted by atomic mass is 16.3. The molecule has 86 valence electrons. The van der Waals surface area contributed by atoms with Crippen molar-refractivity contribution < 1.29 is 4.42 Å². The molecule has 0 bridgehead atoms. The lowest BCUT2D eigenvalue weighted by molar-refractivity contribution is 0.562. The predicted octanol–water partition coefficient (Wildman–Crippen LogP) is 3.06. The molecule has 0 aliphatic carbocycles. The molecular weight excluding hydrogens is 202 g/mol. The molecule has 1 atom stereocenters. The van der Waals surface area contributed by atoms with Crippen molar-refractivity contribution in [3.63, 3.8) is 0 Å². The van der Waals surface area contributed by atoms with E-state index in [-0.39, 0.29) is 6.04 Å². The van der Waals surface area contributed by atoms with Gasteiger partial charge in [-0.15, -0.1) is 0 Å². The molecule has 16 heavy (non-hydrogen) atoms. The van der Waals surface area contributed by atoms with Gasteiger partial charge in [0.2, 0.25) is 0 Å². The van der Waals surface area contributed by atoms with Crippen molar-refractivity contribution in [2.24, 2.45) is 0 Å². The van der Waals surface area contributed by atoms with Gasteiger partial charge in [-0.05, 0) is 19.4 Å². The normalized spacial score (nSPS) is 12.6. The molecule has 0 aromatic carbocycles. The third kappa shape index (κ3) is 2.45. The van der Waals surface area contributed by atoms with E-state index in [1.165, 1.54) is 0 Å². The number of rotatable bonds is 5. The molecule has 2 aromatic rings. The number of nitrogens with one attached hydrogen (secondary N) is 1. The molecule has 0 saturated carbocycles. The lowest BCUT2D eigenvalue weighted by Gasteiger charge is -2.10. The second-order valence-electron chi connectivity index (χ2n) is 3.91. The maximum absolute atomic E-state index is 5.06. The Kier molecular flexibility index (Phi) is 3.29. The molecule has 2 rings (SSSR count). The summed E-state index contributed by atoms with van der Waals surface area (Å²) in [5, 5.41) is 7.65. The molecule has 0 amide bonds. The number of hydrogen-bond acceptors (Lipinski definition) is 3. The molecule has 2 heterocycles. The maximum Gasteiger partial charge on any atom is 0.0955 e. The zero-order valence-corrected chi connectivity index (χ0v) is 9.68. The molecule has 0 fully saturated rings. The van der Waals surface area contributed by atoms with Gasteiger partial charge in [-0.1, -0.05) is 6.92 Å². The number of aryl methyl sites for hydroxylation is 1. The highest BCUT2D eigenvalue weighted by Crippen LogP contribution is 2.18. The van der Waals surface area contributed by atoms with Gasteiger partial charge >= 0.3 is 0 Å². The summed E-state index contributed by atoms with van der Waals surface area (Å²) in [5.74, 6) is 0. The van der Waals surface area contributed by atoms with Gasteiger partial charge in [0.25, 0.3) is 0 Å². The van der Waals surface area contributed by atoms with E-state index in [2.05, 4.69) is 24.3 Å². The van der Waals surface area contributed by atoms with E-state index in [1.54, 1.807) is 12.5 Å². The fourth-order valence-electron chi connectivity index (χ4n) is 1.64. The van der Waals surface area contributed by atoms with Crippen LogP contribution in [0.25, 0.3) is 0 Å². The van der Waals surface area contributed by atoms with E-state index in [4.69, 9.17) is 4.42 Å². The Balaban J connectivity index is 1.98. The lowest BCUT2D eigenvalue weighted by atomic mass is 10.2. The summed E-state index contributed by atoms with van der Waals surface area (Å²) in [7, 11) is 0. The first-order valence-electron chi connectivity index (χ1n) is 5.60. The Morgan fingerprint density at radius 3 is 3.12 bits per heavy atom. The Morgan fingerprint density at radius 2 is 2.44 bits per heavy atom. The summed E-state index contributed by atoms with van der Waals surface area (Å²) in [6.07, 6.45) is 8.42. The number of aromatic nitrogens is 2. The summed E-state index contributed by atoms with van der Waals surface area (Å²) >= 11 is 0. The highest BCUT2D eigenvalue weighted by Gasteiger charge is 2.07. The van der Waals surface area contributed by atoms with Gasteiger partial charge in [-0.2, -0.15) is 5.10 Å². The van der Waals surface area contributed by atoms with Gasteiger partial charge in [-0.3, -0.25) is 4.68 Å². The summed E-state index contributed by atoms with van der Waals surface area (Å²) in [6.45, 7) is 5.20. The second kappa shape index (κ2) is 4.88. The molecule has 1 N–H and O–H groups in total. The largest absolute Gasteiger partial charge is 0.472 e. The predicted molar refractivity (Wildman–Crippen MR) is 63.3 cm³/mol. The third-order valence-electron chi connectivity index (χ3n) is 2.51. The average molecular weight is 219 g/mol. The second-order valence-corrected chi connectivity index (χ2v) is 3.91. The van der Waals surface area contributed by atoms with Crippen molar-refractivity contribution in [1.29, 1.82) is 0 Å². The van der Waals surface area contributed by atoms with Gasteiger partial charge < -0.3 is 9.73 Å². The van der Waals surface area contributed by atoms with Crippen LogP contribution >= 0.6 is 0 Å². The van der Waals surface area contributed by atoms with Crippen molar-refractivity contribution in [2.45, 2.75) is 32.9 Å². The first-order valence-corrected chi connectivity index (χ1v) is 5.60. The molecule has 0 aliphatic rings. The van der Waals surface area contributed by atoms with E-state index in [0.717, 1.165) is 24.2 Å². The minimum atomic E-state index is 0.234. The van der Waals surface area contributed by atoms with Gasteiger partial charge in [-0.25, -0.2) is 0 Å². The Hall–Kier alpha value is -1.71. The average Bonchev–Trinajstić information content (AvgIpc) is 2.89. The topological polar surface area (TPSA) is 43.0 Å². The van der Waals surface area contributed by atoms with Crippen LogP contribution in [-0.4, -0.2) is 9.78 Å². The van der Waals surface area contributed by atoms with Crippen LogP contribution in [0.15, 0.2) is 35.4 Å². The number of nitrogens with zero attached hydrogens (tertiary/aromatic N) is 2. The highest BCUT2D eigenvalue weighted by molar-refractivity contribution is 5.40. The van der Waals surface area contributed by atoms with Crippen LogP contribution in [-0.2, 0) is 6.54 Å². The zero-order valence-electron chi connectivity index (χ0n) is 9.68. The lowest BCUT2D eigenvalue weighted by Crippen LogP contribution is -2.04. The summed E-state index contributed by atoms with van der Waals surface area (Å²) < 4.78 is 7.01. The van der Waals surface area contributed by atoms with Crippen LogP contribution in [0, 0.1) is 0 Å². The zero-order chi connectivity index (χ0) is 11.4. The molecule has 0 spiro atoms. The maximum atomic E-state index is 5.06. The van der Waals surface area contributed by atoms with Crippen LogP contribution in [0.5, 0.6) is 0 Å². The van der Waals surface area contributed by atoms with Crippen molar-refractivity contribution in [2.75, 3.05) is 5.32 Å². The Labute approximate surface area is 95.3 Å². The Bertz CT molecular complexity index is 419. The van der Waals surface area contributed by atoms with Gasteiger partial charge in [0.1, 0.15) is 0 Å². The molecule has 4 heteroatoms. The molecule has 0 radical (unpaired) electrons. The Morgan fingerprint density at radius 1 is 1.56 bits per heavy atom. The van der Waals surface area contributed by atoms with Gasteiger partial charge in [0, 0.05) is 18.3 Å². The fourth-order valence-corrected chi connectivity index (χ4v) is 1.64. The standard InChI is InChI=1S/C12H17N3O/c1-3-5-15-8-12(7-13-15)14-10(2)11-4-6-16-9-11/h4,6-10,14H,3,5H2,1-2H3. The molecule has 4 nitrogen and oxygen atoms in total. The van der Waals surface area contributed by atoms with Gasteiger partial charge in [0.05, 0.1) is 30.5 Å². The summed E-state index contributed by atoms with van der Waals surface area (Å²) in [6, 6.07) is 2.20. The molecule has 2 aromatic heterocycles. The van der Waals surface area contributed by atoms with Gasteiger partial charge in [0.15, 0.2) is 0 Å². The third-order valence-corrected chi connectivity index (χ3v) is 2.51. The van der Waals surface area contributed by atoms with E-state index in [0.29, 0.717) is 0 Å².